The zero-order valence-electron chi connectivity index (χ0n) is 15.1. The maximum absolute atomic E-state index is 12.8. The number of nitrogens with zero attached hydrogens (tertiary/aromatic N) is 1. The Morgan fingerprint density at radius 2 is 1.38 bits per heavy atom. The van der Waals surface area contributed by atoms with E-state index in [9.17, 15) is 8.42 Å². The Bertz CT molecular complexity index is 800. The SMILES string of the molecule is CCCN(CCC)S(=O)(=O)c1ccc(NC(=S)Nc2ccccc2)cc1. The van der Waals surface area contributed by atoms with Gasteiger partial charge in [0.05, 0.1) is 4.90 Å². The molecule has 0 atom stereocenters. The molecule has 2 N–H and O–H groups in total. The summed E-state index contributed by atoms with van der Waals surface area (Å²) in [5.74, 6) is 0. The predicted octanol–water partition coefficient (Wildman–Crippen LogP) is 4.31. The summed E-state index contributed by atoms with van der Waals surface area (Å²) in [4.78, 5) is 0.298. The van der Waals surface area contributed by atoms with E-state index in [-0.39, 0.29) is 0 Å². The van der Waals surface area contributed by atoms with Gasteiger partial charge in [-0.15, -0.1) is 0 Å². The van der Waals surface area contributed by atoms with Crippen molar-refractivity contribution in [2.45, 2.75) is 31.6 Å². The van der Waals surface area contributed by atoms with Gasteiger partial charge in [-0.1, -0.05) is 32.0 Å². The summed E-state index contributed by atoms with van der Waals surface area (Å²) in [6, 6.07) is 16.3. The van der Waals surface area contributed by atoms with E-state index in [1.54, 1.807) is 24.3 Å². The van der Waals surface area contributed by atoms with Crippen LogP contribution in [-0.4, -0.2) is 30.9 Å². The van der Waals surface area contributed by atoms with Crippen LogP contribution < -0.4 is 10.6 Å². The summed E-state index contributed by atoms with van der Waals surface area (Å²) in [5.41, 5.74) is 1.62. The van der Waals surface area contributed by atoms with Crippen LogP contribution in [0.25, 0.3) is 0 Å². The average molecular weight is 392 g/mol. The van der Waals surface area contributed by atoms with Crippen LogP contribution in [0.15, 0.2) is 59.5 Å². The molecule has 140 valence electrons. The monoisotopic (exact) mass is 391 g/mol. The number of hydrogen-bond acceptors (Lipinski definition) is 3. The zero-order chi connectivity index (χ0) is 19.0. The Morgan fingerprint density at radius 1 is 0.885 bits per heavy atom. The minimum absolute atomic E-state index is 0.298. The van der Waals surface area contributed by atoms with E-state index in [1.165, 1.54) is 4.31 Å². The van der Waals surface area contributed by atoms with Crippen LogP contribution in [0, 0.1) is 0 Å². The van der Waals surface area contributed by atoms with Gasteiger partial charge in [0.1, 0.15) is 0 Å². The van der Waals surface area contributed by atoms with Crippen LogP contribution in [0.1, 0.15) is 26.7 Å². The number of nitrogens with one attached hydrogen (secondary N) is 2. The Hall–Kier alpha value is -1.96. The number of thiocarbonyl (C=S) groups is 1. The van der Waals surface area contributed by atoms with Gasteiger partial charge in [0.15, 0.2) is 5.11 Å². The van der Waals surface area contributed by atoms with Crippen molar-refractivity contribution in [3.63, 3.8) is 0 Å². The number of para-hydroxylation sites is 1. The fourth-order valence-corrected chi connectivity index (χ4v) is 4.38. The number of sulfonamides is 1. The van der Waals surface area contributed by atoms with E-state index < -0.39 is 10.0 Å². The van der Waals surface area contributed by atoms with E-state index in [0.29, 0.717) is 23.1 Å². The van der Waals surface area contributed by atoms with Crippen molar-refractivity contribution in [1.29, 1.82) is 0 Å². The Balaban J connectivity index is 2.06. The zero-order valence-corrected chi connectivity index (χ0v) is 16.7. The van der Waals surface area contributed by atoms with Gasteiger partial charge >= 0.3 is 0 Å². The fourth-order valence-electron chi connectivity index (χ4n) is 2.53. The summed E-state index contributed by atoms with van der Waals surface area (Å²) in [6.07, 6.45) is 1.58. The fraction of sp³-hybridized carbons (Fsp3) is 0.316. The molecule has 0 radical (unpaired) electrons. The summed E-state index contributed by atoms with van der Waals surface area (Å²) in [6.45, 7) is 5.01. The van der Waals surface area contributed by atoms with Crippen LogP contribution in [0.2, 0.25) is 0 Å². The lowest BCUT2D eigenvalue weighted by Gasteiger charge is -2.21. The highest BCUT2D eigenvalue weighted by Gasteiger charge is 2.22. The number of anilines is 2. The molecule has 0 heterocycles. The molecule has 0 unspecified atom stereocenters. The average Bonchev–Trinajstić information content (AvgIpc) is 2.62. The molecule has 2 rings (SSSR count). The summed E-state index contributed by atoms with van der Waals surface area (Å²) >= 11 is 5.29. The highest BCUT2D eigenvalue weighted by Crippen LogP contribution is 2.19. The summed E-state index contributed by atoms with van der Waals surface area (Å²) in [7, 11) is -3.46. The molecule has 0 saturated heterocycles. The van der Waals surface area contributed by atoms with Crippen molar-refractivity contribution in [2.75, 3.05) is 23.7 Å². The first-order valence-electron chi connectivity index (χ1n) is 8.70. The van der Waals surface area contributed by atoms with E-state index in [1.807, 2.05) is 44.2 Å². The largest absolute Gasteiger partial charge is 0.332 e. The van der Waals surface area contributed by atoms with Crippen molar-refractivity contribution < 1.29 is 8.42 Å². The maximum Gasteiger partial charge on any atom is 0.243 e. The van der Waals surface area contributed by atoms with Gasteiger partial charge < -0.3 is 10.6 Å². The second kappa shape index (κ2) is 9.66. The normalized spacial score (nSPS) is 11.3. The third-order valence-corrected chi connectivity index (χ3v) is 5.84. The van der Waals surface area contributed by atoms with Crippen LogP contribution in [0.4, 0.5) is 11.4 Å². The third-order valence-electron chi connectivity index (χ3n) is 3.73. The van der Waals surface area contributed by atoms with E-state index in [2.05, 4.69) is 10.6 Å². The van der Waals surface area contributed by atoms with Gasteiger partial charge in [-0.25, -0.2) is 8.42 Å². The molecule has 0 aliphatic heterocycles. The van der Waals surface area contributed by atoms with Crippen molar-refractivity contribution in [3.8, 4) is 0 Å². The molecule has 0 fully saturated rings. The van der Waals surface area contributed by atoms with Crippen LogP contribution in [0.3, 0.4) is 0 Å². The highest BCUT2D eigenvalue weighted by molar-refractivity contribution is 7.89. The van der Waals surface area contributed by atoms with E-state index in [4.69, 9.17) is 12.2 Å². The van der Waals surface area contributed by atoms with Crippen molar-refractivity contribution in [1.82, 2.24) is 4.31 Å². The van der Waals surface area contributed by atoms with Crippen molar-refractivity contribution in [3.05, 3.63) is 54.6 Å². The van der Waals surface area contributed by atoms with Gasteiger partial charge in [0.2, 0.25) is 10.0 Å². The topological polar surface area (TPSA) is 61.4 Å². The molecule has 7 heteroatoms. The Labute approximate surface area is 161 Å². The van der Waals surface area contributed by atoms with Crippen LogP contribution >= 0.6 is 12.2 Å². The molecule has 0 amide bonds. The van der Waals surface area contributed by atoms with Gasteiger partial charge in [-0.05, 0) is 61.5 Å². The molecular formula is C19H25N3O2S2. The predicted molar refractivity (Wildman–Crippen MR) is 112 cm³/mol. The summed E-state index contributed by atoms with van der Waals surface area (Å²) in [5, 5.41) is 6.59. The van der Waals surface area contributed by atoms with Gasteiger partial charge in [-0.3, -0.25) is 0 Å². The lowest BCUT2D eigenvalue weighted by molar-refractivity contribution is 0.410. The minimum Gasteiger partial charge on any atom is -0.332 e. The molecule has 0 spiro atoms. The molecule has 2 aromatic carbocycles. The van der Waals surface area contributed by atoms with Crippen molar-refractivity contribution >= 4 is 38.7 Å². The molecule has 26 heavy (non-hydrogen) atoms. The van der Waals surface area contributed by atoms with Crippen LogP contribution in [0.5, 0.6) is 0 Å². The molecule has 0 saturated carbocycles. The summed E-state index contributed by atoms with van der Waals surface area (Å²) < 4.78 is 27.0. The lowest BCUT2D eigenvalue weighted by Crippen LogP contribution is -2.32. The molecule has 0 bridgehead atoms. The van der Waals surface area contributed by atoms with E-state index >= 15 is 0 Å². The van der Waals surface area contributed by atoms with Crippen molar-refractivity contribution in [2.24, 2.45) is 0 Å². The molecule has 0 aromatic heterocycles. The first kappa shape index (κ1) is 20.4. The standard InChI is InChI=1S/C19H25N3O2S2/c1-3-14-22(15-4-2)26(23,24)18-12-10-17(11-13-18)21-19(25)20-16-8-6-5-7-9-16/h5-13H,3-4,14-15H2,1-2H3,(H2,20,21,25). The second-order valence-corrected chi connectivity index (χ2v) is 8.22. The highest BCUT2D eigenvalue weighted by atomic mass is 32.2. The Morgan fingerprint density at radius 3 is 1.88 bits per heavy atom. The number of hydrogen-bond donors (Lipinski definition) is 2. The third kappa shape index (κ3) is 5.52. The molecule has 5 nitrogen and oxygen atoms in total. The minimum atomic E-state index is -3.46. The maximum atomic E-state index is 12.8. The van der Waals surface area contributed by atoms with Gasteiger partial charge in [-0.2, -0.15) is 4.31 Å². The van der Waals surface area contributed by atoms with E-state index in [0.717, 1.165) is 24.2 Å². The Kier molecular flexibility index (Phi) is 7.56. The molecule has 2 aromatic rings. The van der Waals surface area contributed by atoms with Gasteiger partial charge in [0, 0.05) is 24.5 Å². The number of benzene rings is 2. The molecule has 0 aliphatic rings. The first-order valence-corrected chi connectivity index (χ1v) is 10.6. The second-order valence-electron chi connectivity index (χ2n) is 5.87. The van der Waals surface area contributed by atoms with Crippen LogP contribution in [-0.2, 0) is 10.0 Å². The number of rotatable bonds is 8. The smallest absolute Gasteiger partial charge is 0.243 e. The van der Waals surface area contributed by atoms with Gasteiger partial charge in [0.25, 0.3) is 0 Å². The first-order chi connectivity index (χ1) is 12.5. The quantitative estimate of drug-likeness (QED) is 0.657. The molecule has 0 aliphatic carbocycles. The lowest BCUT2D eigenvalue weighted by atomic mass is 10.3. The molecular weight excluding hydrogens is 366 g/mol.